The maximum Gasteiger partial charge on any atom is 0.124 e. The van der Waals surface area contributed by atoms with Crippen molar-refractivity contribution in [1.29, 1.82) is 0 Å². The van der Waals surface area contributed by atoms with Gasteiger partial charge in [0.15, 0.2) is 0 Å². The number of phenols is 2. The highest BCUT2D eigenvalue weighted by Gasteiger charge is 2.17. The molecule has 0 fully saturated rings. The lowest BCUT2D eigenvalue weighted by molar-refractivity contribution is 0.366. The molecule has 3 heteroatoms. The molecule has 0 spiro atoms. The summed E-state index contributed by atoms with van der Waals surface area (Å²) in [7, 11) is 0. The predicted molar refractivity (Wildman–Crippen MR) is 65.6 cm³/mol. The van der Waals surface area contributed by atoms with Crippen molar-refractivity contribution in [1.82, 2.24) is 5.32 Å². The van der Waals surface area contributed by atoms with E-state index >= 15 is 0 Å². The molecule has 1 rings (SSSR count). The zero-order valence-corrected chi connectivity index (χ0v) is 10.4. The smallest absolute Gasteiger partial charge is 0.124 e. The minimum absolute atomic E-state index is 0.0707. The fraction of sp³-hybridized carbons (Fsp3) is 0.538. The predicted octanol–water partition coefficient (Wildman–Crippen LogP) is 2.79. The van der Waals surface area contributed by atoms with Gasteiger partial charge < -0.3 is 15.5 Å². The maximum absolute atomic E-state index is 9.71. The Kier molecular flexibility index (Phi) is 4.19. The second kappa shape index (κ2) is 5.21. The Hall–Kier alpha value is -1.22. The summed E-state index contributed by atoms with van der Waals surface area (Å²) >= 11 is 0. The average molecular weight is 223 g/mol. The SMILES string of the molecule is CC(NC(C)C(C)C)c1c(O)cccc1O. The van der Waals surface area contributed by atoms with Crippen molar-refractivity contribution in [2.45, 2.75) is 39.8 Å². The van der Waals surface area contributed by atoms with Gasteiger partial charge in [-0.1, -0.05) is 19.9 Å². The maximum atomic E-state index is 9.71. The lowest BCUT2D eigenvalue weighted by Gasteiger charge is -2.24. The summed E-state index contributed by atoms with van der Waals surface area (Å²) in [5.41, 5.74) is 0.565. The van der Waals surface area contributed by atoms with Gasteiger partial charge in [-0.2, -0.15) is 0 Å². The van der Waals surface area contributed by atoms with E-state index in [1.165, 1.54) is 0 Å². The number of hydrogen-bond acceptors (Lipinski definition) is 3. The minimum Gasteiger partial charge on any atom is -0.507 e. The zero-order valence-electron chi connectivity index (χ0n) is 10.4. The normalized spacial score (nSPS) is 15.1. The number of rotatable bonds is 4. The number of nitrogens with one attached hydrogen (secondary N) is 1. The van der Waals surface area contributed by atoms with Crippen molar-refractivity contribution in [2.75, 3.05) is 0 Å². The second-order valence-electron chi connectivity index (χ2n) is 4.63. The molecule has 2 atom stereocenters. The quantitative estimate of drug-likeness (QED) is 0.735. The van der Waals surface area contributed by atoms with E-state index in [2.05, 4.69) is 26.1 Å². The molecule has 0 aromatic heterocycles. The third-order valence-corrected chi connectivity index (χ3v) is 3.01. The molecular weight excluding hydrogens is 202 g/mol. The monoisotopic (exact) mass is 223 g/mol. The summed E-state index contributed by atoms with van der Waals surface area (Å²) in [6.07, 6.45) is 0. The van der Waals surface area contributed by atoms with Crippen molar-refractivity contribution in [3.8, 4) is 11.5 Å². The van der Waals surface area contributed by atoms with Crippen molar-refractivity contribution in [3.05, 3.63) is 23.8 Å². The number of aromatic hydroxyl groups is 2. The van der Waals surface area contributed by atoms with Crippen LogP contribution in [-0.4, -0.2) is 16.3 Å². The van der Waals surface area contributed by atoms with Crippen LogP contribution in [0.1, 0.15) is 39.3 Å². The first-order valence-corrected chi connectivity index (χ1v) is 5.70. The molecule has 1 aromatic rings. The van der Waals surface area contributed by atoms with E-state index in [0.29, 0.717) is 17.5 Å². The Morgan fingerprint density at radius 2 is 1.50 bits per heavy atom. The van der Waals surface area contributed by atoms with Gasteiger partial charge in [0, 0.05) is 12.1 Å². The molecule has 1 aromatic carbocycles. The fourth-order valence-electron chi connectivity index (χ4n) is 1.65. The molecular formula is C13H21NO2. The van der Waals surface area contributed by atoms with Gasteiger partial charge in [0.2, 0.25) is 0 Å². The van der Waals surface area contributed by atoms with Crippen molar-refractivity contribution in [3.63, 3.8) is 0 Å². The lowest BCUT2D eigenvalue weighted by Crippen LogP contribution is -2.33. The highest BCUT2D eigenvalue weighted by molar-refractivity contribution is 5.44. The highest BCUT2D eigenvalue weighted by Crippen LogP contribution is 2.32. The van der Waals surface area contributed by atoms with Gasteiger partial charge in [0.25, 0.3) is 0 Å². The zero-order chi connectivity index (χ0) is 12.3. The van der Waals surface area contributed by atoms with Crippen molar-refractivity contribution >= 4 is 0 Å². The van der Waals surface area contributed by atoms with E-state index in [0.717, 1.165) is 0 Å². The van der Waals surface area contributed by atoms with Gasteiger partial charge in [-0.05, 0) is 31.9 Å². The first-order valence-electron chi connectivity index (χ1n) is 5.70. The van der Waals surface area contributed by atoms with Gasteiger partial charge in [0.05, 0.1) is 5.56 Å². The van der Waals surface area contributed by atoms with E-state index in [1.807, 2.05) is 6.92 Å². The van der Waals surface area contributed by atoms with E-state index in [9.17, 15) is 10.2 Å². The molecule has 0 aliphatic carbocycles. The Morgan fingerprint density at radius 3 is 1.94 bits per heavy atom. The molecule has 0 bridgehead atoms. The Bertz CT molecular complexity index is 330. The average Bonchev–Trinajstić information content (AvgIpc) is 2.16. The van der Waals surface area contributed by atoms with Gasteiger partial charge in [-0.15, -0.1) is 0 Å². The Labute approximate surface area is 97.1 Å². The van der Waals surface area contributed by atoms with Crippen LogP contribution in [0.15, 0.2) is 18.2 Å². The molecule has 0 aliphatic heterocycles. The van der Waals surface area contributed by atoms with Crippen LogP contribution in [0.5, 0.6) is 11.5 Å². The summed E-state index contributed by atoms with van der Waals surface area (Å²) in [6, 6.07) is 5.07. The van der Waals surface area contributed by atoms with E-state index < -0.39 is 0 Å². The molecule has 16 heavy (non-hydrogen) atoms. The highest BCUT2D eigenvalue weighted by atomic mass is 16.3. The van der Waals surface area contributed by atoms with Crippen LogP contribution in [0.2, 0.25) is 0 Å². The summed E-state index contributed by atoms with van der Waals surface area (Å²) in [5.74, 6) is 0.780. The molecule has 0 heterocycles. The molecule has 90 valence electrons. The van der Waals surface area contributed by atoms with Crippen LogP contribution in [-0.2, 0) is 0 Å². The standard InChI is InChI=1S/C13H21NO2/c1-8(2)9(3)14-10(4)13-11(15)6-5-7-12(13)16/h5-10,14-16H,1-4H3. The first-order chi connectivity index (χ1) is 7.43. The van der Waals surface area contributed by atoms with Gasteiger partial charge in [0.1, 0.15) is 11.5 Å². The summed E-state index contributed by atoms with van der Waals surface area (Å²) in [5, 5.41) is 22.8. The van der Waals surface area contributed by atoms with Crippen LogP contribution in [0.4, 0.5) is 0 Å². The number of benzene rings is 1. The molecule has 2 unspecified atom stereocenters. The topological polar surface area (TPSA) is 52.5 Å². The Morgan fingerprint density at radius 1 is 1.00 bits per heavy atom. The minimum atomic E-state index is -0.0707. The van der Waals surface area contributed by atoms with Crippen LogP contribution in [0.25, 0.3) is 0 Å². The van der Waals surface area contributed by atoms with Crippen LogP contribution >= 0.6 is 0 Å². The Balaban J connectivity index is 2.84. The van der Waals surface area contributed by atoms with E-state index in [4.69, 9.17) is 0 Å². The van der Waals surface area contributed by atoms with Crippen molar-refractivity contribution < 1.29 is 10.2 Å². The van der Waals surface area contributed by atoms with Crippen LogP contribution < -0.4 is 5.32 Å². The number of hydrogen-bond donors (Lipinski definition) is 3. The second-order valence-corrected chi connectivity index (χ2v) is 4.63. The first kappa shape index (κ1) is 12.8. The lowest BCUT2D eigenvalue weighted by atomic mass is 10.0. The van der Waals surface area contributed by atoms with Gasteiger partial charge in [-0.3, -0.25) is 0 Å². The van der Waals surface area contributed by atoms with E-state index in [-0.39, 0.29) is 17.5 Å². The molecule has 0 amide bonds. The third kappa shape index (κ3) is 2.89. The molecule has 0 radical (unpaired) electrons. The number of phenolic OH excluding ortho intramolecular Hbond substituents is 2. The third-order valence-electron chi connectivity index (χ3n) is 3.01. The van der Waals surface area contributed by atoms with E-state index in [1.54, 1.807) is 18.2 Å². The van der Waals surface area contributed by atoms with Gasteiger partial charge >= 0.3 is 0 Å². The van der Waals surface area contributed by atoms with Crippen molar-refractivity contribution in [2.24, 2.45) is 5.92 Å². The molecule has 3 N–H and O–H groups in total. The van der Waals surface area contributed by atoms with Gasteiger partial charge in [-0.25, -0.2) is 0 Å². The van der Waals surface area contributed by atoms with Crippen LogP contribution in [0.3, 0.4) is 0 Å². The summed E-state index contributed by atoms with van der Waals surface area (Å²) in [6.45, 7) is 8.30. The summed E-state index contributed by atoms with van der Waals surface area (Å²) in [4.78, 5) is 0. The summed E-state index contributed by atoms with van der Waals surface area (Å²) < 4.78 is 0. The van der Waals surface area contributed by atoms with Crippen LogP contribution in [0, 0.1) is 5.92 Å². The molecule has 0 saturated carbocycles. The molecule has 0 saturated heterocycles. The molecule has 3 nitrogen and oxygen atoms in total. The molecule has 0 aliphatic rings. The fourth-order valence-corrected chi connectivity index (χ4v) is 1.65. The largest absolute Gasteiger partial charge is 0.507 e.